The van der Waals surface area contributed by atoms with Crippen molar-refractivity contribution in [3.05, 3.63) is 83.9 Å². The molecule has 0 spiro atoms. The zero-order chi connectivity index (χ0) is 18.6. The normalized spacial score (nSPS) is 10.7. The van der Waals surface area contributed by atoms with Gasteiger partial charge in [0.15, 0.2) is 5.82 Å². The SMILES string of the molecule is Cc1cc(OCc2nc(-c3ccccc3)oc2C)nc(-c2ccccc2)n1. The van der Waals surface area contributed by atoms with Crippen molar-refractivity contribution in [3.8, 4) is 28.7 Å². The van der Waals surface area contributed by atoms with Gasteiger partial charge in [-0.2, -0.15) is 4.98 Å². The Hall–Kier alpha value is -3.47. The van der Waals surface area contributed by atoms with E-state index in [4.69, 9.17) is 9.15 Å². The van der Waals surface area contributed by atoms with Gasteiger partial charge in [-0.15, -0.1) is 0 Å². The van der Waals surface area contributed by atoms with E-state index in [0.29, 0.717) is 17.6 Å². The standard InChI is InChI=1S/C22H19N3O2/c1-15-13-20(25-21(23-15)17-9-5-3-6-10-17)26-14-19-16(2)27-22(24-19)18-11-7-4-8-12-18/h3-13H,14H2,1-2H3. The van der Waals surface area contributed by atoms with Crippen LogP contribution in [0.5, 0.6) is 5.88 Å². The molecular weight excluding hydrogens is 338 g/mol. The third-order valence-electron chi connectivity index (χ3n) is 4.13. The van der Waals surface area contributed by atoms with Crippen LogP contribution >= 0.6 is 0 Å². The van der Waals surface area contributed by atoms with Crippen LogP contribution in [-0.4, -0.2) is 15.0 Å². The second-order valence-corrected chi connectivity index (χ2v) is 6.21. The highest BCUT2D eigenvalue weighted by atomic mass is 16.5. The average Bonchev–Trinajstić information content (AvgIpc) is 3.08. The number of ether oxygens (including phenoxy) is 1. The van der Waals surface area contributed by atoms with Crippen LogP contribution in [0, 0.1) is 13.8 Å². The van der Waals surface area contributed by atoms with Crippen LogP contribution in [0.4, 0.5) is 0 Å². The fourth-order valence-electron chi connectivity index (χ4n) is 2.74. The van der Waals surface area contributed by atoms with Gasteiger partial charge in [-0.25, -0.2) is 9.97 Å². The topological polar surface area (TPSA) is 61.0 Å². The fraction of sp³-hybridized carbons (Fsp3) is 0.136. The number of hydrogen-bond acceptors (Lipinski definition) is 5. The maximum Gasteiger partial charge on any atom is 0.226 e. The van der Waals surface area contributed by atoms with Crippen molar-refractivity contribution in [2.45, 2.75) is 20.5 Å². The summed E-state index contributed by atoms with van der Waals surface area (Å²) >= 11 is 0. The number of benzene rings is 2. The van der Waals surface area contributed by atoms with Gasteiger partial charge in [-0.05, 0) is 26.0 Å². The number of oxazole rings is 1. The van der Waals surface area contributed by atoms with Crippen molar-refractivity contribution in [1.29, 1.82) is 0 Å². The van der Waals surface area contributed by atoms with Gasteiger partial charge < -0.3 is 9.15 Å². The molecule has 0 fully saturated rings. The summed E-state index contributed by atoms with van der Waals surface area (Å²) in [5, 5.41) is 0. The summed E-state index contributed by atoms with van der Waals surface area (Å²) in [5.74, 6) is 2.50. The lowest BCUT2D eigenvalue weighted by atomic mass is 10.2. The first-order valence-corrected chi connectivity index (χ1v) is 8.74. The number of nitrogens with zero attached hydrogens (tertiary/aromatic N) is 3. The van der Waals surface area contributed by atoms with Crippen LogP contribution in [0.25, 0.3) is 22.8 Å². The largest absolute Gasteiger partial charge is 0.471 e. The predicted molar refractivity (Wildman–Crippen MR) is 103 cm³/mol. The molecule has 0 N–H and O–H groups in total. The Labute approximate surface area is 157 Å². The molecule has 0 amide bonds. The van der Waals surface area contributed by atoms with Crippen molar-refractivity contribution >= 4 is 0 Å². The Balaban J connectivity index is 1.54. The lowest BCUT2D eigenvalue weighted by Crippen LogP contribution is -2.02. The van der Waals surface area contributed by atoms with Gasteiger partial charge >= 0.3 is 0 Å². The Bertz CT molecular complexity index is 1040. The van der Waals surface area contributed by atoms with Gasteiger partial charge in [-0.1, -0.05) is 48.5 Å². The predicted octanol–water partition coefficient (Wildman–Crippen LogP) is 4.99. The van der Waals surface area contributed by atoms with E-state index in [1.807, 2.05) is 80.6 Å². The molecule has 0 unspecified atom stereocenters. The Kier molecular flexibility index (Phi) is 4.66. The van der Waals surface area contributed by atoms with E-state index in [1.165, 1.54) is 0 Å². The van der Waals surface area contributed by atoms with Crippen molar-refractivity contribution in [3.63, 3.8) is 0 Å². The summed E-state index contributed by atoms with van der Waals surface area (Å²) in [6.07, 6.45) is 0. The summed E-state index contributed by atoms with van der Waals surface area (Å²) in [7, 11) is 0. The molecule has 0 bridgehead atoms. The van der Waals surface area contributed by atoms with Gasteiger partial charge in [0.05, 0.1) is 0 Å². The summed E-state index contributed by atoms with van der Waals surface area (Å²) in [6, 6.07) is 21.5. The molecular formula is C22H19N3O2. The molecule has 2 aromatic heterocycles. The van der Waals surface area contributed by atoms with E-state index in [-0.39, 0.29) is 6.61 Å². The minimum Gasteiger partial charge on any atom is -0.471 e. The molecule has 134 valence electrons. The van der Waals surface area contributed by atoms with E-state index >= 15 is 0 Å². The Morgan fingerprint density at radius 3 is 2.19 bits per heavy atom. The molecule has 5 nitrogen and oxygen atoms in total. The van der Waals surface area contributed by atoms with E-state index in [9.17, 15) is 0 Å². The highest BCUT2D eigenvalue weighted by molar-refractivity contribution is 5.55. The number of aryl methyl sites for hydroxylation is 2. The number of aromatic nitrogens is 3. The first-order valence-electron chi connectivity index (χ1n) is 8.74. The fourth-order valence-corrected chi connectivity index (χ4v) is 2.74. The second-order valence-electron chi connectivity index (χ2n) is 6.21. The zero-order valence-electron chi connectivity index (χ0n) is 15.2. The van der Waals surface area contributed by atoms with Gasteiger partial charge in [-0.3, -0.25) is 0 Å². The van der Waals surface area contributed by atoms with Gasteiger partial charge in [0.25, 0.3) is 0 Å². The molecule has 0 aliphatic heterocycles. The Morgan fingerprint density at radius 1 is 0.815 bits per heavy atom. The lowest BCUT2D eigenvalue weighted by Gasteiger charge is -2.07. The van der Waals surface area contributed by atoms with E-state index in [2.05, 4.69) is 15.0 Å². The molecule has 0 atom stereocenters. The molecule has 0 aliphatic carbocycles. The number of rotatable bonds is 5. The first kappa shape index (κ1) is 17.0. The van der Waals surface area contributed by atoms with Crippen molar-refractivity contribution < 1.29 is 9.15 Å². The van der Waals surface area contributed by atoms with E-state index in [0.717, 1.165) is 28.3 Å². The summed E-state index contributed by atoms with van der Waals surface area (Å²) in [4.78, 5) is 13.6. The minimum atomic E-state index is 0.285. The van der Waals surface area contributed by atoms with Crippen LogP contribution < -0.4 is 4.74 Å². The summed E-state index contributed by atoms with van der Waals surface area (Å²) in [5.41, 5.74) is 3.50. The molecule has 0 saturated carbocycles. The number of hydrogen-bond donors (Lipinski definition) is 0. The molecule has 4 aromatic rings. The molecule has 2 heterocycles. The van der Waals surface area contributed by atoms with Gasteiger partial charge in [0, 0.05) is 22.9 Å². The van der Waals surface area contributed by atoms with Crippen molar-refractivity contribution in [2.75, 3.05) is 0 Å². The monoisotopic (exact) mass is 357 g/mol. The summed E-state index contributed by atoms with van der Waals surface area (Å²) < 4.78 is 11.7. The quantitative estimate of drug-likeness (QED) is 0.503. The van der Waals surface area contributed by atoms with Crippen molar-refractivity contribution in [2.24, 2.45) is 0 Å². The average molecular weight is 357 g/mol. The first-order chi connectivity index (χ1) is 13.2. The smallest absolute Gasteiger partial charge is 0.226 e. The third kappa shape index (κ3) is 3.87. The van der Waals surface area contributed by atoms with Crippen LogP contribution in [0.3, 0.4) is 0 Å². The highest BCUT2D eigenvalue weighted by Gasteiger charge is 2.13. The zero-order valence-corrected chi connectivity index (χ0v) is 15.2. The molecule has 5 heteroatoms. The molecule has 0 saturated heterocycles. The summed E-state index contributed by atoms with van der Waals surface area (Å²) in [6.45, 7) is 4.10. The van der Waals surface area contributed by atoms with Crippen LogP contribution in [0.1, 0.15) is 17.1 Å². The van der Waals surface area contributed by atoms with Crippen molar-refractivity contribution in [1.82, 2.24) is 15.0 Å². The molecule has 27 heavy (non-hydrogen) atoms. The second kappa shape index (κ2) is 7.41. The highest BCUT2D eigenvalue weighted by Crippen LogP contribution is 2.23. The third-order valence-corrected chi connectivity index (χ3v) is 4.13. The van der Waals surface area contributed by atoms with Crippen LogP contribution in [-0.2, 0) is 6.61 Å². The molecule has 0 radical (unpaired) electrons. The van der Waals surface area contributed by atoms with E-state index in [1.54, 1.807) is 0 Å². The van der Waals surface area contributed by atoms with Gasteiger partial charge in [0.2, 0.25) is 11.8 Å². The Morgan fingerprint density at radius 2 is 1.48 bits per heavy atom. The molecule has 4 rings (SSSR count). The maximum atomic E-state index is 5.89. The van der Waals surface area contributed by atoms with E-state index < -0.39 is 0 Å². The lowest BCUT2D eigenvalue weighted by molar-refractivity contribution is 0.287. The van der Waals surface area contributed by atoms with Gasteiger partial charge in [0.1, 0.15) is 18.1 Å². The maximum absolute atomic E-state index is 5.89. The molecule has 2 aromatic carbocycles. The minimum absolute atomic E-state index is 0.285. The molecule has 0 aliphatic rings. The van der Waals surface area contributed by atoms with Crippen LogP contribution in [0.15, 0.2) is 71.1 Å². The van der Waals surface area contributed by atoms with Crippen LogP contribution in [0.2, 0.25) is 0 Å².